The Morgan fingerprint density at radius 3 is 2.45 bits per heavy atom. The van der Waals surface area contributed by atoms with Gasteiger partial charge in [0.15, 0.2) is 5.76 Å². The number of hydrogen-bond acceptors (Lipinski definition) is 5. The maximum absolute atomic E-state index is 12.8. The van der Waals surface area contributed by atoms with Gasteiger partial charge < -0.3 is 9.36 Å². The molecule has 0 spiro atoms. The number of aromatic nitrogens is 1. The van der Waals surface area contributed by atoms with Gasteiger partial charge in [-0.3, -0.25) is 0 Å². The molecule has 3 aromatic rings. The Kier molecular flexibility index (Phi) is 6.92. The van der Waals surface area contributed by atoms with Crippen molar-refractivity contribution in [1.82, 2.24) is 5.16 Å². The number of benzene rings is 2. The Balaban J connectivity index is 1.87. The molecular formula is C20H16F4N2O2S. The van der Waals surface area contributed by atoms with Crippen molar-refractivity contribution >= 4 is 18.0 Å². The van der Waals surface area contributed by atoms with Crippen molar-refractivity contribution in [1.29, 1.82) is 0 Å². The molecule has 9 heteroatoms. The topological polar surface area (TPSA) is 47.6 Å². The van der Waals surface area contributed by atoms with E-state index in [0.717, 1.165) is 17.0 Å². The van der Waals surface area contributed by atoms with Gasteiger partial charge in [-0.15, -0.1) is 11.8 Å². The van der Waals surface area contributed by atoms with E-state index in [1.54, 1.807) is 0 Å². The lowest BCUT2D eigenvalue weighted by Gasteiger charge is -2.06. The van der Waals surface area contributed by atoms with Gasteiger partial charge in [-0.1, -0.05) is 40.6 Å². The first kappa shape index (κ1) is 20.9. The molecule has 29 heavy (non-hydrogen) atoms. The molecule has 0 radical (unpaired) electrons. The number of rotatable bonds is 8. The Bertz CT molecular complexity index is 941. The third kappa shape index (κ3) is 5.60. The van der Waals surface area contributed by atoms with E-state index in [4.69, 9.17) is 9.36 Å². The second-order valence-electron chi connectivity index (χ2n) is 5.81. The van der Waals surface area contributed by atoms with E-state index in [-0.39, 0.29) is 12.4 Å². The summed E-state index contributed by atoms with van der Waals surface area (Å²) < 4.78 is 56.0. The maximum atomic E-state index is 12.8. The summed E-state index contributed by atoms with van der Waals surface area (Å²) in [5.41, 5.74) is 0.656. The Hall–Kier alpha value is -2.81. The molecule has 0 N–H and O–H groups in total. The summed E-state index contributed by atoms with van der Waals surface area (Å²) in [6.45, 7) is -0.894. The second kappa shape index (κ2) is 9.60. The summed E-state index contributed by atoms with van der Waals surface area (Å²) in [4.78, 5) is 5.81. The number of thioether (sulfide) groups is 1. The van der Waals surface area contributed by atoms with Gasteiger partial charge in [-0.2, -0.15) is 13.2 Å². The Morgan fingerprint density at radius 2 is 1.79 bits per heavy atom. The van der Waals surface area contributed by atoms with Crippen LogP contribution in [0.25, 0.3) is 11.3 Å². The van der Waals surface area contributed by atoms with Crippen molar-refractivity contribution in [2.45, 2.75) is 16.8 Å². The molecule has 0 unspecified atom stereocenters. The number of alkyl halides is 4. The fourth-order valence-corrected chi connectivity index (χ4v) is 3.29. The molecule has 152 valence electrons. The van der Waals surface area contributed by atoms with Crippen molar-refractivity contribution in [3.05, 3.63) is 71.4 Å². The van der Waals surface area contributed by atoms with Crippen molar-refractivity contribution in [3.63, 3.8) is 0 Å². The number of nitrogens with zero attached hydrogens (tertiary/aromatic N) is 2. The van der Waals surface area contributed by atoms with Crippen LogP contribution in [0.5, 0.6) is 0 Å². The van der Waals surface area contributed by atoms with Crippen LogP contribution < -0.4 is 0 Å². The molecule has 0 aliphatic heterocycles. The predicted molar refractivity (Wildman–Crippen MR) is 102 cm³/mol. The maximum Gasteiger partial charge on any atom is 0.416 e. The van der Waals surface area contributed by atoms with E-state index in [1.807, 2.05) is 30.3 Å². The van der Waals surface area contributed by atoms with Gasteiger partial charge in [0, 0.05) is 16.2 Å². The molecule has 0 bridgehead atoms. The summed E-state index contributed by atoms with van der Waals surface area (Å²) in [6, 6.07) is 14.2. The average molecular weight is 424 g/mol. The van der Waals surface area contributed by atoms with Crippen LogP contribution in [0.2, 0.25) is 0 Å². The molecule has 0 atom stereocenters. The van der Waals surface area contributed by atoms with Crippen LogP contribution in [0.3, 0.4) is 0 Å². The molecule has 0 aliphatic rings. The Labute approximate surface area is 168 Å². The zero-order valence-corrected chi connectivity index (χ0v) is 15.8. The van der Waals surface area contributed by atoms with Crippen molar-refractivity contribution in [2.75, 3.05) is 13.3 Å². The molecule has 0 fully saturated rings. The van der Waals surface area contributed by atoms with E-state index in [1.165, 1.54) is 30.1 Å². The van der Waals surface area contributed by atoms with Crippen LogP contribution in [-0.2, 0) is 16.8 Å². The first-order chi connectivity index (χ1) is 14.0. The molecule has 4 nitrogen and oxygen atoms in total. The molecule has 0 saturated heterocycles. The van der Waals surface area contributed by atoms with Crippen LogP contribution in [0.15, 0.2) is 69.2 Å². The lowest BCUT2D eigenvalue weighted by molar-refractivity contribution is -0.137. The van der Waals surface area contributed by atoms with Crippen LogP contribution in [0.1, 0.15) is 16.8 Å². The molecular weight excluding hydrogens is 408 g/mol. The summed E-state index contributed by atoms with van der Waals surface area (Å²) in [5.74, 6) is 0.702. The third-order valence-corrected chi connectivity index (χ3v) is 4.84. The third-order valence-electron chi connectivity index (χ3n) is 3.82. The number of oxime groups is 1. The van der Waals surface area contributed by atoms with Crippen LogP contribution in [-0.4, -0.2) is 24.7 Å². The minimum Gasteiger partial charge on any atom is -0.393 e. The number of halogens is 4. The Morgan fingerprint density at radius 1 is 1.07 bits per heavy atom. The zero-order chi connectivity index (χ0) is 20.7. The molecule has 1 heterocycles. The first-order valence-corrected chi connectivity index (χ1v) is 9.53. The van der Waals surface area contributed by atoms with Gasteiger partial charge in [0.05, 0.1) is 17.3 Å². The van der Waals surface area contributed by atoms with Gasteiger partial charge in [-0.05, 0) is 24.3 Å². The predicted octanol–water partition coefficient (Wildman–Crippen LogP) is 5.97. The zero-order valence-electron chi connectivity index (χ0n) is 15.0. The highest BCUT2D eigenvalue weighted by Crippen LogP contribution is 2.33. The average Bonchev–Trinajstić information content (AvgIpc) is 3.12. The van der Waals surface area contributed by atoms with Crippen LogP contribution in [0, 0.1) is 0 Å². The van der Waals surface area contributed by atoms with Crippen molar-refractivity contribution in [2.24, 2.45) is 5.16 Å². The highest BCUT2D eigenvalue weighted by atomic mass is 32.2. The SMILES string of the molecule is FCCON=Cc1c(CSc2ccccc2)noc1-c1ccc(C(F)(F)F)cc1. The molecule has 2 aromatic carbocycles. The fourth-order valence-electron chi connectivity index (χ4n) is 2.43. The van der Waals surface area contributed by atoms with E-state index < -0.39 is 18.4 Å². The quantitative estimate of drug-likeness (QED) is 0.147. The summed E-state index contributed by atoms with van der Waals surface area (Å²) in [5, 5.41) is 7.75. The van der Waals surface area contributed by atoms with Gasteiger partial charge in [0.1, 0.15) is 19.0 Å². The smallest absolute Gasteiger partial charge is 0.393 e. The van der Waals surface area contributed by atoms with Crippen molar-refractivity contribution in [3.8, 4) is 11.3 Å². The molecule has 0 amide bonds. The van der Waals surface area contributed by atoms with E-state index in [0.29, 0.717) is 22.6 Å². The summed E-state index contributed by atoms with van der Waals surface area (Å²) in [7, 11) is 0. The lowest BCUT2D eigenvalue weighted by atomic mass is 10.1. The normalized spacial score (nSPS) is 11.9. The summed E-state index contributed by atoms with van der Waals surface area (Å²) >= 11 is 1.51. The largest absolute Gasteiger partial charge is 0.416 e. The van der Waals surface area contributed by atoms with Crippen LogP contribution in [0.4, 0.5) is 17.6 Å². The van der Waals surface area contributed by atoms with E-state index in [9.17, 15) is 17.6 Å². The minimum atomic E-state index is -4.43. The van der Waals surface area contributed by atoms with E-state index >= 15 is 0 Å². The van der Waals surface area contributed by atoms with E-state index in [2.05, 4.69) is 10.3 Å². The molecule has 0 saturated carbocycles. The van der Waals surface area contributed by atoms with Crippen LogP contribution >= 0.6 is 11.8 Å². The standard InChI is InChI=1S/C20H16F4N2O2S/c21-10-11-27-25-12-17-18(13-29-16-4-2-1-3-5-16)26-28-19(17)14-6-8-15(9-7-14)20(22,23)24/h1-9,12H,10-11,13H2. The van der Waals surface area contributed by atoms with Gasteiger partial charge in [0.2, 0.25) is 0 Å². The van der Waals surface area contributed by atoms with Crippen molar-refractivity contribution < 1.29 is 26.9 Å². The first-order valence-electron chi connectivity index (χ1n) is 8.54. The minimum absolute atomic E-state index is 0.203. The van der Waals surface area contributed by atoms with Gasteiger partial charge in [-0.25, -0.2) is 4.39 Å². The molecule has 1 aromatic heterocycles. The summed E-state index contributed by atoms with van der Waals surface area (Å²) in [6.07, 6.45) is -3.10. The van der Waals surface area contributed by atoms with Gasteiger partial charge >= 0.3 is 6.18 Å². The highest BCUT2D eigenvalue weighted by molar-refractivity contribution is 7.98. The fraction of sp³-hybridized carbons (Fsp3) is 0.200. The molecule has 3 rings (SSSR count). The molecule has 0 aliphatic carbocycles. The van der Waals surface area contributed by atoms with Gasteiger partial charge in [0.25, 0.3) is 0 Å². The lowest BCUT2D eigenvalue weighted by Crippen LogP contribution is -2.04. The second-order valence-corrected chi connectivity index (χ2v) is 6.85. The highest BCUT2D eigenvalue weighted by Gasteiger charge is 2.30. The monoisotopic (exact) mass is 424 g/mol. The number of hydrogen-bond donors (Lipinski definition) is 0.